The average Bonchev–Trinajstić information content (AvgIpc) is 2.84. The Morgan fingerprint density at radius 1 is 0.686 bits per heavy atom. The van der Waals surface area contributed by atoms with E-state index in [1.165, 1.54) is 12.1 Å². The zero-order chi connectivity index (χ0) is 25.6. The summed E-state index contributed by atoms with van der Waals surface area (Å²) >= 11 is 0. The standard InChI is InChI=1S/C22H37N3O10/c1-2-3-7-30-9-11-32-13-15-34-17-18-35-16-14-33-12-10-31-8-6-23-21-5-4-20(24(26)27)19-22(21)25(28)29/h4-5,19,23H,2-3,6-18H2,1H3. The molecule has 0 atom stereocenters. The number of nitro benzene ring substituents is 2. The molecule has 0 aromatic heterocycles. The highest BCUT2D eigenvalue weighted by atomic mass is 16.6. The largest absolute Gasteiger partial charge is 0.379 e. The number of non-ortho nitro benzene ring substituents is 1. The number of benzene rings is 1. The summed E-state index contributed by atoms with van der Waals surface area (Å²) in [4.78, 5) is 20.5. The predicted octanol–water partition coefficient (Wildman–Crippen LogP) is 2.81. The van der Waals surface area contributed by atoms with Gasteiger partial charge in [-0.2, -0.15) is 0 Å². The van der Waals surface area contributed by atoms with Gasteiger partial charge in [0.05, 0.1) is 88.6 Å². The van der Waals surface area contributed by atoms with E-state index >= 15 is 0 Å². The Labute approximate surface area is 205 Å². The lowest BCUT2D eigenvalue weighted by Crippen LogP contribution is -2.15. The molecule has 0 spiro atoms. The van der Waals surface area contributed by atoms with Crippen LogP contribution in [0.5, 0.6) is 0 Å². The second-order valence-electron chi connectivity index (χ2n) is 7.17. The normalized spacial score (nSPS) is 11.0. The molecule has 0 bridgehead atoms. The molecule has 200 valence electrons. The molecule has 0 heterocycles. The van der Waals surface area contributed by atoms with Crippen molar-refractivity contribution in [3.8, 4) is 0 Å². The van der Waals surface area contributed by atoms with Crippen LogP contribution in [0.4, 0.5) is 17.1 Å². The highest BCUT2D eigenvalue weighted by Crippen LogP contribution is 2.28. The van der Waals surface area contributed by atoms with Gasteiger partial charge in [0, 0.05) is 19.2 Å². The highest BCUT2D eigenvalue weighted by Gasteiger charge is 2.18. The first-order valence-corrected chi connectivity index (χ1v) is 11.7. The van der Waals surface area contributed by atoms with Gasteiger partial charge in [-0.15, -0.1) is 0 Å². The molecule has 1 aromatic rings. The first-order valence-electron chi connectivity index (χ1n) is 11.7. The topological polar surface area (TPSA) is 154 Å². The van der Waals surface area contributed by atoms with E-state index in [4.69, 9.17) is 28.4 Å². The zero-order valence-corrected chi connectivity index (χ0v) is 20.3. The highest BCUT2D eigenvalue weighted by molar-refractivity contribution is 5.65. The van der Waals surface area contributed by atoms with Crippen molar-refractivity contribution in [1.29, 1.82) is 0 Å². The fourth-order valence-electron chi connectivity index (χ4n) is 2.64. The summed E-state index contributed by atoms with van der Waals surface area (Å²) in [6, 6.07) is 3.44. The molecule has 1 N–H and O–H groups in total. The van der Waals surface area contributed by atoms with Crippen molar-refractivity contribution in [2.75, 3.05) is 91.1 Å². The minimum atomic E-state index is -0.677. The molecule has 0 radical (unpaired) electrons. The molecule has 13 heteroatoms. The van der Waals surface area contributed by atoms with E-state index in [-0.39, 0.29) is 17.1 Å². The number of anilines is 1. The van der Waals surface area contributed by atoms with Crippen LogP contribution in [0.25, 0.3) is 0 Å². The van der Waals surface area contributed by atoms with Crippen LogP contribution in [0, 0.1) is 20.2 Å². The SMILES string of the molecule is CCCCOCCOCCOCCOCCOCCOCCNc1ccc([N+](=O)[O-])cc1[N+](=O)[O-]. The quantitative estimate of drug-likeness (QED) is 0.126. The molecule has 0 unspecified atom stereocenters. The van der Waals surface area contributed by atoms with Crippen LogP contribution < -0.4 is 5.32 Å². The molecule has 35 heavy (non-hydrogen) atoms. The lowest BCUT2D eigenvalue weighted by Gasteiger charge is -2.09. The van der Waals surface area contributed by atoms with E-state index in [1.54, 1.807) is 0 Å². The van der Waals surface area contributed by atoms with E-state index in [9.17, 15) is 20.2 Å². The van der Waals surface area contributed by atoms with Crippen molar-refractivity contribution in [2.45, 2.75) is 19.8 Å². The zero-order valence-electron chi connectivity index (χ0n) is 20.3. The van der Waals surface area contributed by atoms with E-state index in [1.807, 2.05) is 0 Å². The van der Waals surface area contributed by atoms with Crippen LogP contribution in [0.3, 0.4) is 0 Å². The number of nitrogens with one attached hydrogen (secondary N) is 1. The van der Waals surface area contributed by atoms with Gasteiger partial charge in [0.15, 0.2) is 0 Å². The molecule has 1 rings (SSSR count). The van der Waals surface area contributed by atoms with Crippen LogP contribution in [0.15, 0.2) is 18.2 Å². The van der Waals surface area contributed by atoms with Gasteiger partial charge < -0.3 is 33.7 Å². The van der Waals surface area contributed by atoms with Crippen LogP contribution >= 0.6 is 0 Å². The Bertz CT molecular complexity index is 708. The number of nitro groups is 2. The Hall–Kier alpha value is -2.42. The lowest BCUT2D eigenvalue weighted by molar-refractivity contribution is -0.393. The summed E-state index contributed by atoms with van der Waals surface area (Å²) in [5, 5.41) is 24.7. The minimum absolute atomic E-state index is 0.196. The van der Waals surface area contributed by atoms with Crippen molar-refractivity contribution in [3.05, 3.63) is 38.4 Å². The summed E-state index contributed by atoms with van der Waals surface area (Å²) in [5.41, 5.74) is -0.498. The van der Waals surface area contributed by atoms with Crippen LogP contribution in [0.1, 0.15) is 19.8 Å². The molecule has 0 saturated heterocycles. The molecule has 0 aliphatic carbocycles. The predicted molar refractivity (Wildman–Crippen MR) is 128 cm³/mol. The Balaban J connectivity index is 1.88. The number of unbranched alkanes of at least 4 members (excludes halogenated alkanes) is 1. The molecule has 1 aromatic carbocycles. The van der Waals surface area contributed by atoms with Crippen molar-refractivity contribution in [2.24, 2.45) is 0 Å². The third kappa shape index (κ3) is 16.0. The second-order valence-corrected chi connectivity index (χ2v) is 7.17. The van der Waals surface area contributed by atoms with E-state index in [2.05, 4.69) is 12.2 Å². The van der Waals surface area contributed by atoms with Gasteiger partial charge in [0.25, 0.3) is 11.4 Å². The van der Waals surface area contributed by atoms with E-state index < -0.39 is 9.85 Å². The Morgan fingerprint density at radius 3 is 1.57 bits per heavy atom. The summed E-state index contributed by atoms with van der Waals surface area (Å²) in [5.74, 6) is 0. The molecule has 13 nitrogen and oxygen atoms in total. The molecule has 0 saturated carbocycles. The number of rotatable bonds is 24. The maximum absolute atomic E-state index is 11.1. The van der Waals surface area contributed by atoms with Crippen molar-refractivity contribution in [1.82, 2.24) is 0 Å². The molecule has 0 aliphatic heterocycles. The van der Waals surface area contributed by atoms with Gasteiger partial charge >= 0.3 is 0 Å². The summed E-state index contributed by atoms with van der Waals surface area (Å²) in [6.07, 6.45) is 2.20. The molecule has 0 aliphatic rings. The summed E-state index contributed by atoms with van der Waals surface area (Å²) in [6.45, 7) is 8.30. The number of hydrogen-bond acceptors (Lipinski definition) is 11. The second kappa shape index (κ2) is 20.9. The molecule has 0 fully saturated rings. The number of hydrogen-bond donors (Lipinski definition) is 1. The van der Waals surface area contributed by atoms with Gasteiger partial charge in [-0.1, -0.05) is 13.3 Å². The van der Waals surface area contributed by atoms with Gasteiger partial charge in [0.2, 0.25) is 0 Å². The van der Waals surface area contributed by atoms with Crippen molar-refractivity contribution in [3.63, 3.8) is 0 Å². The molecular weight excluding hydrogens is 466 g/mol. The summed E-state index contributed by atoms with van der Waals surface area (Å²) in [7, 11) is 0. The van der Waals surface area contributed by atoms with E-state index in [0.29, 0.717) is 79.2 Å². The van der Waals surface area contributed by atoms with Gasteiger partial charge in [-0.05, 0) is 12.5 Å². The fourth-order valence-corrected chi connectivity index (χ4v) is 2.64. The molecule has 0 amide bonds. The van der Waals surface area contributed by atoms with Crippen LogP contribution in [0.2, 0.25) is 0 Å². The van der Waals surface area contributed by atoms with Gasteiger partial charge in [-0.25, -0.2) is 0 Å². The third-order valence-corrected chi connectivity index (χ3v) is 4.45. The third-order valence-electron chi connectivity index (χ3n) is 4.45. The first kappa shape index (κ1) is 30.6. The molecular formula is C22H37N3O10. The summed E-state index contributed by atoms with van der Waals surface area (Å²) < 4.78 is 32.4. The van der Waals surface area contributed by atoms with E-state index in [0.717, 1.165) is 25.5 Å². The Kier molecular flexibility index (Phi) is 18.3. The van der Waals surface area contributed by atoms with Gasteiger partial charge in [0.1, 0.15) is 5.69 Å². The van der Waals surface area contributed by atoms with Crippen LogP contribution in [-0.2, 0) is 28.4 Å². The smallest absolute Gasteiger partial charge is 0.299 e. The average molecular weight is 504 g/mol. The fraction of sp³-hybridized carbons (Fsp3) is 0.727. The maximum atomic E-state index is 11.1. The monoisotopic (exact) mass is 503 g/mol. The Morgan fingerprint density at radius 2 is 1.14 bits per heavy atom. The minimum Gasteiger partial charge on any atom is -0.379 e. The number of ether oxygens (including phenoxy) is 6. The maximum Gasteiger partial charge on any atom is 0.299 e. The van der Waals surface area contributed by atoms with Gasteiger partial charge in [-0.3, -0.25) is 20.2 Å². The van der Waals surface area contributed by atoms with Crippen molar-refractivity contribution >= 4 is 17.1 Å². The number of nitrogens with zero attached hydrogens (tertiary/aromatic N) is 2. The van der Waals surface area contributed by atoms with Crippen molar-refractivity contribution < 1.29 is 38.3 Å². The first-order chi connectivity index (χ1) is 17.1. The van der Waals surface area contributed by atoms with Crippen LogP contribution in [-0.4, -0.2) is 95.7 Å². The lowest BCUT2D eigenvalue weighted by atomic mass is 10.2.